The van der Waals surface area contributed by atoms with Gasteiger partial charge in [-0.3, -0.25) is 9.78 Å². The quantitative estimate of drug-likeness (QED) is 0.359. The first-order valence-electron chi connectivity index (χ1n) is 7.91. The van der Waals surface area contributed by atoms with E-state index in [2.05, 4.69) is 4.98 Å². The maximum Gasteiger partial charge on any atom is 0.186 e. The van der Waals surface area contributed by atoms with Gasteiger partial charge in [-0.15, -0.1) is 0 Å². The van der Waals surface area contributed by atoms with E-state index in [9.17, 15) is 20.1 Å². The molecule has 0 spiro atoms. The molecule has 1 fully saturated rings. The summed E-state index contributed by atoms with van der Waals surface area (Å²) in [6.07, 6.45) is -3.36. The number of rotatable bonds is 8. The zero-order chi connectivity index (χ0) is 17.5. The molecule has 0 bridgehead atoms. The number of aromatic nitrogens is 1. The van der Waals surface area contributed by atoms with Gasteiger partial charge in [0, 0.05) is 19.2 Å². The summed E-state index contributed by atoms with van der Waals surface area (Å²) in [4.78, 5) is 15.9. The lowest BCUT2D eigenvalue weighted by Gasteiger charge is -2.39. The third-order valence-electron chi connectivity index (χ3n) is 3.88. The van der Waals surface area contributed by atoms with Crippen LogP contribution in [0, 0.1) is 0 Å². The summed E-state index contributed by atoms with van der Waals surface area (Å²) >= 11 is 0. The standard InChI is InChI=1S/C16H23NO7/c18-9-12-13(20)14(21)15(22)16(24-12)23-8-4-2-6-11(19)10-5-1-3-7-17-10/h1,3,5,7,12-16,18,20-22H,2,4,6,8-9H2. The Bertz CT molecular complexity index is 510. The zero-order valence-electron chi connectivity index (χ0n) is 13.2. The molecule has 1 aliphatic heterocycles. The third kappa shape index (κ3) is 4.79. The summed E-state index contributed by atoms with van der Waals surface area (Å²) in [5.74, 6) is -0.0524. The molecule has 8 nitrogen and oxygen atoms in total. The van der Waals surface area contributed by atoms with Crippen molar-refractivity contribution in [2.24, 2.45) is 0 Å². The predicted molar refractivity (Wildman–Crippen MR) is 82.1 cm³/mol. The average molecular weight is 341 g/mol. The molecule has 2 heterocycles. The number of carbonyl (C=O) groups excluding carboxylic acids is 1. The van der Waals surface area contributed by atoms with Crippen LogP contribution in [-0.2, 0) is 9.47 Å². The fourth-order valence-electron chi connectivity index (χ4n) is 2.45. The minimum absolute atomic E-state index is 0.0524. The first kappa shape index (κ1) is 18.9. The fourth-order valence-corrected chi connectivity index (χ4v) is 2.45. The molecule has 2 rings (SSSR count). The number of aliphatic hydroxyl groups excluding tert-OH is 4. The molecule has 24 heavy (non-hydrogen) atoms. The van der Waals surface area contributed by atoms with Crippen LogP contribution < -0.4 is 0 Å². The van der Waals surface area contributed by atoms with Gasteiger partial charge in [-0.1, -0.05) is 6.07 Å². The van der Waals surface area contributed by atoms with E-state index in [1.807, 2.05) is 0 Å². The number of nitrogens with zero attached hydrogens (tertiary/aromatic N) is 1. The Morgan fingerprint density at radius 1 is 1.17 bits per heavy atom. The van der Waals surface area contributed by atoms with Gasteiger partial charge in [-0.2, -0.15) is 0 Å². The van der Waals surface area contributed by atoms with Gasteiger partial charge in [-0.25, -0.2) is 0 Å². The van der Waals surface area contributed by atoms with Gasteiger partial charge in [0.2, 0.25) is 0 Å². The van der Waals surface area contributed by atoms with Crippen LogP contribution in [0.15, 0.2) is 24.4 Å². The maximum atomic E-state index is 11.9. The highest BCUT2D eigenvalue weighted by Crippen LogP contribution is 2.22. The molecule has 8 heteroatoms. The molecule has 4 N–H and O–H groups in total. The van der Waals surface area contributed by atoms with Crippen molar-refractivity contribution in [2.45, 2.75) is 50.0 Å². The SMILES string of the molecule is O=C(CCCCOC1OC(CO)C(O)C(O)C1O)c1ccccn1. The van der Waals surface area contributed by atoms with Crippen molar-refractivity contribution in [3.05, 3.63) is 30.1 Å². The molecular formula is C16H23NO7. The highest BCUT2D eigenvalue weighted by molar-refractivity contribution is 5.94. The number of Topliss-reactive ketones (excluding diaryl/α,β-unsaturated/α-hetero) is 1. The molecule has 5 atom stereocenters. The lowest BCUT2D eigenvalue weighted by Crippen LogP contribution is -2.59. The van der Waals surface area contributed by atoms with Gasteiger partial charge in [0.1, 0.15) is 30.1 Å². The van der Waals surface area contributed by atoms with E-state index < -0.39 is 37.3 Å². The highest BCUT2D eigenvalue weighted by Gasteiger charge is 2.43. The van der Waals surface area contributed by atoms with Gasteiger partial charge < -0.3 is 29.9 Å². The normalized spacial score (nSPS) is 30.2. The van der Waals surface area contributed by atoms with Crippen LogP contribution in [0.25, 0.3) is 0 Å². The summed E-state index contributed by atoms with van der Waals surface area (Å²) in [6.45, 7) is -0.290. The summed E-state index contributed by atoms with van der Waals surface area (Å²) in [5, 5.41) is 38.2. The molecule has 0 radical (unpaired) electrons. The molecule has 1 aromatic heterocycles. The van der Waals surface area contributed by atoms with Gasteiger partial charge in [0.15, 0.2) is 12.1 Å². The number of unbranched alkanes of at least 4 members (excludes halogenated alkanes) is 1. The molecule has 0 saturated carbocycles. The largest absolute Gasteiger partial charge is 0.394 e. The van der Waals surface area contributed by atoms with Crippen molar-refractivity contribution in [2.75, 3.05) is 13.2 Å². The van der Waals surface area contributed by atoms with Gasteiger partial charge in [0.25, 0.3) is 0 Å². The van der Waals surface area contributed by atoms with Crippen molar-refractivity contribution in [1.29, 1.82) is 0 Å². The van der Waals surface area contributed by atoms with Crippen LogP contribution in [0.1, 0.15) is 29.8 Å². The monoisotopic (exact) mass is 341 g/mol. The average Bonchev–Trinajstić information content (AvgIpc) is 2.61. The van der Waals surface area contributed by atoms with Gasteiger partial charge >= 0.3 is 0 Å². The van der Waals surface area contributed by atoms with Crippen molar-refractivity contribution in [3.8, 4) is 0 Å². The Hall–Kier alpha value is -1.42. The molecule has 0 aromatic carbocycles. The molecular weight excluding hydrogens is 318 g/mol. The number of ketones is 1. The Kier molecular flexibility index (Phi) is 7.22. The van der Waals surface area contributed by atoms with Crippen LogP contribution in [0.4, 0.5) is 0 Å². The van der Waals surface area contributed by atoms with E-state index in [1.165, 1.54) is 0 Å². The highest BCUT2D eigenvalue weighted by atomic mass is 16.7. The first-order valence-corrected chi connectivity index (χ1v) is 7.91. The topological polar surface area (TPSA) is 129 Å². The van der Waals surface area contributed by atoms with Crippen LogP contribution in [0.2, 0.25) is 0 Å². The third-order valence-corrected chi connectivity index (χ3v) is 3.88. The molecule has 0 amide bonds. The number of hydrogen-bond donors (Lipinski definition) is 4. The molecule has 1 saturated heterocycles. The Balaban J connectivity index is 1.69. The Labute approximate surface area is 139 Å². The second-order valence-electron chi connectivity index (χ2n) is 5.66. The maximum absolute atomic E-state index is 11.9. The summed E-state index contributed by atoms with van der Waals surface area (Å²) in [5.41, 5.74) is 0.423. The van der Waals surface area contributed by atoms with Crippen molar-refractivity contribution in [1.82, 2.24) is 4.98 Å². The van der Waals surface area contributed by atoms with Crippen LogP contribution in [0.3, 0.4) is 0 Å². The lowest BCUT2D eigenvalue weighted by atomic mass is 9.99. The van der Waals surface area contributed by atoms with Crippen molar-refractivity contribution < 1.29 is 34.7 Å². The van der Waals surface area contributed by atoms with Crippen LogP contribution in [0.5, 0.6) is 0 Å². The second-order valence-corrected chi connectivity index (χ2v) is 5.66. The number of aliphatic hydroxyl groups is 4. The Morgan fingerprint density at radius 3 is 2.62 bits per heavy atom. The van der Waals surface area contributed by atoms with Crippen LogP contribution in [-0.4, -0.2) is 75.1 Å². The molecule has 5 unspecified atom stereocenters. The number of carbonyl (C=O) groups is 1. The summed E-state index contributed by atoms with van der Waals surface area (Å²) in [6, 6.07) is 5.15. The molecule has 134 valence electrons. The van der Waals surface area contributed by atoms with E-state index in [4.69, 9.17) is 14.6 Å². The first-order chi connectivity index (χ1) is 11.5. The molecule has 1 aromatic rings. The zero-order valence-corrected chi connectivity index (χ0v) is 13.2. The predicted octanol–water partition coefficient (Wildman–Crippen LogP) is -0.749. The van der Waals surface area contributed by atoms with E-state index in [1.54, 1.807) is 24.4 Å². The summed E-state index contributed by atoms with van der Waals surface area (Å²) in [7, 11) is 0. The second kappa shape index (κ2) is 9.16. The fraction of sp³-hybridized carbons (Fsp3) is 0.625. The minimum Gasteiger partial charge on any atom is -0.394 e. The molecule has 1 aliphatic rings. The van der Waals surface area contributed by atoms with E-state index in [0.717, 1.165) is 0 Å². The van der Waals surface area contributed by atoms with Crippen LogP contribution >= 0.6 is 0 Å². The van der Waals surface area contributed by atoms with Gasteiger partial charge in [-0.05, 0) is 25.0 Å². The van der Waals surface area contributed by atoms with Crippen molar-refractivity contribution in [3.63, 3.8) is 0 Å². The lowest BCUT2D eigenvalue weighted by molar-refractivity contribution is -0.301. The minimum atomic E-state index is -1.45. The van der Waals surface area contributed by atoms with E-state index in [0.29, 0.717) is 25.0 Å². The number of hydrogen-bond acceptors (Lipinski definition) is 8. The summed E-state index contributed by atoms with van der Waals surface area (Å²) < 4.78 is 10.6. The smallest absolute Gasteiger partial charge is 0.186 e. The number of ether oxygens (including phenoxy) is 2. The van der Waals surface area contributed by atoms with Gasteiger partial charge in [0.05, 0.1) is 6.61 Å². The molecule has 0 aliphatic carbocycles. The Morgan fingerprint density at radius 2 is 1.96 bits per heavy atom. The number of pyridine rings is 1. The van der Waals surface area contributed by atoms with E-state index in [-0.39, 0.29) is 12.4 Å². The van der Waals surface area contributed by atoms with Crippen molar-refractivity contribution >= 4 is 5.78 Å². The van der Waals surface area contributed by atoms with E-state index >= 15 is 0 Å².